The first-order valence-corrected chi connectivity index (χ1v) is 11.2. The molecule has 1 amide bonds. The van der Waals surface area contributed by atoms with Crippen LogP contribution < -0.4 is 5.32 Å². The predicted molar refractivity (Wildman–Crippen MR) is 118 cm³/mol. The Hall–Kier alpha value is -2.48. The van der Waals surface area contributed by atoms with Gasteiger partial charge >= 0.3 is 0 Å². The molecule has 0 atom stereocenters. The predicted octanol–water partition coefficient (Wildman–Crippen LogP) is 4.59. The van der Waals surface area contributed by atoms with Crippen LogP contribution in [0.2, 0.25) is 0 Å². The molecule has 0 bridgehead atoms. The molecule has 150 valence electrons. The molecule has 0 aliphatic carbocycles. The molecular weight excluding hydrogens is 452 g/mol. The first-order valence-electron chi connectivity index (χ1n) is 9.01. The third-order valence-electron chi connectivity index (χ3n) is 4.27. The van der Waals surface area contributed by atoms with Crippen LogP contribution in [0.3, 0.4) is 0 Å². The van der Waals surface area contributed by atoms with Crippen molar-refractivity contribution in [1.82, 2.24) is 4.31 Å². The van der Waals surface area contributed by atoms with E-state index in [2.05, 4.69) is 21.2 Å². The number of sulfonamides is 1. The van der Waals surface area contributed by atoms with Crippen molar-refractivity contribution in [2.45, 2.75) is 18.4 Å². The minimum atomic E-state index is -3.84. The van der Waals surface area contributed by atoms with Gasteiger partial charge in [-0.25, -0.2) is 8.42 Å². The number of hydrogen-bond acceptors (Lipinski definition) is 3. The first-order chi connectivity index (χ1) is 13.8. The van der Waals surface area contributed by atoms with E-state index in [9.17, 15) is 13.2 Å². The molecule has 0 fully saturated rings. The molecule has 29 heavy (non-hydrogen) atoms. The molecule has 0 radical (unpaired) electrons. The molecule has 1 N–H and O–H groups in total. The Balaban J connectivity index is 1.85. The van der Waals surface area contributed by atoms with Crippen molar-refractivity contribution in [2.24, 2.45) is 0 Å². The van der Waals surface area contributed by atoms with Gasteiger partial charge in [0.05, 0.1) is 11.4 Å². The Morgan fingerprint density at radius 1 is 0.966 bits per heavy atom. The third kappa shape index (κ3) is 5.76. The highest BCUT2D eigenvalue weighted by molar-refractivity contribution is 9.10. The van der Waals surface area contributed by atoms with Crippen molar-refractivity contribution in [3.63, 3.8) is 0 Å². The van der Waals surface area contributed by atoms with Crippen molar-refractivity contribution in [1.29, 1.82) is 0 Å². The van der Waals surface area contributed by atoms with Gasteiger partial charge in [0, 0.05) is 16.7 Å². The summed E-state index contributed by atoms with van der Waals surface area (Å²) in [6.45, 7) is 1.72. The fraction of sp³-hybridized carbons (Fsp3) is 0.136. The van der Waals surface area contributed by atoms with Crippen LogP contribution in [0.1, 0.15) is 11.1 Å². The lowest BCUT2D eigenvalue weighted by atomic mass is 10.2. The number of hydrogen-bond donors (Lipinski definition) is 1. The Kier molecular flexibility index (Phi) is 6.84. The van der Waals surface area contributed by atoms with E-state index in [0.29, 0.717) is 5.69 Å². The molecule has 0 aliphatic rings. The Morgan fingerprint density at radius 3 is 2.31 bits per heavy atom. The second-order valence-corrected chi connectivity index (χ2v) is 9.48. The number of halogens is 1. The molecule has 0 heterocycles. The molecule has 5 nitrogen and oxygen atoms in total. The van der Waals surface area contributed by atoms with E-state index < -0.39 is 15.9 Å². The number of nitrogens with one attached hydrogen (secondary N) is 1. The van der Waals surface area contributed by atoms with Crippen LogP contribution in [0.4, 0.5) is 5.69 Å². The minimum absolute atomic E-state index is 0.0890. The topological polar surface area (TPSA) is 66.5 Å². The maximum Gasteiger partial charge on any atom is 0.243 e. The van der Waals surface area contributed by atoms with Crippen LogP contribution in [-0.4, -0.2) is 25.2 Å². The van der Waals surface area contributed by atoms with Crippen LogP contribution in [0.5, 0.6) is 0 Å². The van der Waals surface area contributed by atoms with Gasteiger partial charge in [0.15, 0.2) is 0 Å². The zero-order valence-electron chi connectivity index (χ0n) is 15.9. The lowest BCUT2D eigenvalue weighted by Crippen LogP contribution is -2.37. The molecule has 3 aromatic rings. The number of aryl methyl sites for hydroxylation is 1. The molecule has 7 heteroatoms. The molecule has 0 aromatic heterocycles. The lowest BCUT2D eigenvalue weighted by molar-refractivity contribution is -0.116. The SMILES string of the molecule is Cc1cccc(NC(=O)CN(Cc2ccc(Br)cc2)S(=O)(=O)c2ccccc2)c1. The molecule has 3 aromatic carbocycles. The van der Waals surface area contributed by atoms with Gasteiger partial charge in [0.1, 0.15) is 0 Å². The summed E-state index contributed by atoms with van der Waals surface area (Å²) in [5.41, 5.74) is 2.43. The van der Waals surface area contributed by atoms with Crippen molar-refractivity contribution in [2.75, 3.05) is 11.9 Å². The highest BCUT2D eigenvalue weighted by atomic mass is 79.9. The average molecular weight is 473 g/mol. The molecule has 0 aliphatic heterocycles. The molecule has 0 saturated heterocycles. The largest absolute Gasteiger partial charge is 0.325 e. The smallest absolute Gasteiger partial charge is 0.243 e. The van der Waals surface area contributed by atoms with E-state index in [1.165, 1.54) is 16.4 Å². The van der Waals surface area contributed by atoms with Gasteiger partial charge in [0.2, 0.25) is 15.9 Å². The number of nitrogens with zero attached hydrogens (tertiary/aromatic N) is 1. The number of carbonyl (C=O) groups excluding carboxylic acids is 1. The Morgan fingerprint density at radius 2 is 1.66 bits per heavy atom. The van der Waals surface area contributed by atoms with Gasteiger partial charge in [0.25, 0.3) is 0 Å². The summed E-state index contributed by atoms with van der Waals surface area (Å²) in [6.07, 6.45) is 0. The Bertz CT molecular complexity index is 1080. The third-order valence-corrected chi connectivity index (χ3v) is 6.61. The normalized spacial score (nSPS) is 11.4. The van der Waals surface area contributed by atoms with Gasteiger partial charge < -0.3 is 5.32 Å². The van der Waals surface area contributed by atoms with Crippen molar-refractivity contribution in [3.05, 3.63) is 94.5 Å². The average Bonchev–Trinajstić information content (AvgIpc) is 2.70. The number of anilines is 1. The fourth-order valence-corrected chi connectivity index (χ4v) is 4.51. The van der Waals surface area contributed by atoms with Crippen molar-refractivity contribution < 1.29 is 13.2 Å². The van der Waals surface area contributed by atoms with Gasteiger partial charge in [-0.1, -0.05) is 58.4 Å². The maximum absolute atomic E-state index is 13.2. The van der Waals surface area contributed by atoms with Crippen LogP contribution in [0.25, 0.3) is 0 Å². The highest BCUT2D eigenvalue weighted by Gasteiger charge is 2.26. The van der Waals surface area contributed by atoms with Crippen LogP contribution in [0, 0.1) is 6.92 Å². The van der Waals surface area contributed by atoms with Crippen molar-refractivity contribution in [3.8, 4) is 0 Å². The van der Waals surface area contributed by atoms with Crippen LogP contribution in [-0.2, 0) is 21.4 Å². The number of benzene rings is 3. The second kappa shape index (κ2) is 9.35. The number of carbonyl (C=O) groups is 1. The summed E-state index contributed by atoms with van der Waals surface area (Å²) >= 11 is 3.38. The summed E-state index contributed by atoms with van der Waals surface area (Å²) < 4.78 is 28.5. The standard InChI is InChI=1S/C22H21BrN2O3S/c1-17-6-5-7-20(14-17)24-22(26)16-25(15-18-10-12-19(23)13-11-18)29(27,28)21-8-3-2-4-9-21/h2-14H,15-16H2,1H3,(H,24,26). The lowest BCUT2D eigenvalue weighted by Gasteiger charge is -2.22. The molecule has 0 spiro atoms. The first kappa shape index (κ1) is 21.2. The zero-order valence-corrected chi connectivity index (χ0v) is 18.3. The summed E-state index contributed by atoms with van der Waals surface area (Å²) in [6, 6.07) is 22.9. The fourth-order valence-electron chi connectivity index (χ4n) is 2.84. The highest BCUT2D eigenvalue weighted by Crippen LogP contribution is 2.20. The molecule has 3 rings (SSSR count). The van der Waals surface area contributed by atoms with Gasteiger partial charge in [-0.3, -0.25) is 4.79 Å². The second-order valence-electron chi connectivity index (χ2n) is 6.63. The van der Waals surface area contributed by atoms with Gasteiger partial charge in [-0.05, 0) is 54.4 Å². The Labute approximate surface area is 179 Å². The summed E-state index contributed by atoms with van der Waals surface area (Å²) in [5.74, 6) is -0.396. The minimum Gasteiger partial charge on any atom is -0.325 e. The van der Waals surface area contributed by atoms with Crippen LogP contribution in [0.15, 0.2) is 88.2 Å². The number of amides is 1. The molecule has 0 saturated carbocycles. The quantitative estimate of drug-likeness (QED) is 0.546. The van der Waals surface area contributed by atoms with Crippen LogP contribution >= 0.6 is 15.9 Å². The summed E-state index contributed by atoms with van der Waals surface area (Å²) in [4.78, 5) is 12.8. The van der Waals surface area contributed by atoms with Gasteiger partial charge in [-0.2, -0.15) is 4.31 Å². The van der Waals surface area contributed by atoms with E-state index in [-0.39, 0.29) is 18.0 Å². The molecule has 0 unspecified atom stereocenters. The van der Waals surface area contributed by atoms with E-state index in [4.69, 9.17) is 0 Å². The summed E-state index contributed by atoms with van der Waals surface area (Å²) in [7, 11) is -3.84. The summed E-state index contributed by atoms with van der Waals surface area (Å²) in [5, 5.41) is 2.78. The van der Waals surface area contributed by atoms with E-state index in [0.717, 1.165) is 15.6 Å². The monoisotopic (exact) mass is 472 g/mol. The zero-order chi connectivity index (χ0) is 20.9. The van der Waals surface area contributed by atoms with E-state index in [1.54, 1.807) is 24.3 Å². The number of rotatable bonds is 7. The molecular formula is C22H21BrN2O3S. The van der Waals surface area contributed by atoms with Gasteiger partial charge in [-0.15, -0.1) is 0 Å². The maximum atomic E-state index is 13.2. The van der Waals surface area contributed by atoms with E-state index in [1.807, 2.05) is 49.4 Å². The van der Waals surface area contributed by atoms with E-state index >= 15 is 0 Å². The van der Waals surface area contributed by atoms with Crippen molar-refractivity contribution >= 4 is 37.5 Å².